The van der Waals surface area contributed by atoms with E-state index in [1.807, 2.05) is 6.07 Å². The van der Waals surface area contributed by atoms with Gasteiger partial charge in [0.05, 0.1) is 13.5 Å². The summed E-state index contributed by atoms with van der Waals surface area (Å²) in [4.78, 5) is 23.8. The Morgan fingerprint density at radius 3 is 2.35 bits per heavy atom. The van der Waals surface area contributed by atoms with Gasteiger partial charge in [-0.05, 0) is 65.4 Å². The number of aliphatic carboxylic acids is 1. The van der Waals surface area contributed by atoms with Gasteiger partial charge in [-0.1, -0.05) is 31.5 Å². The van der Waals surface area contributed by atoms with Gasteiger partial charge in [0.2, 0.25) is 0 Å². The monoisotopic (exact) mass is 499 g/mol. The number of hydrogen-bond donors (Lipinski definition) is 2. The molecule has 2 N–H and O–H groups in total. The van der Waals surface area contributed by atoms with E-state index in [-0.39, 0.29) is 12.3 Å². The average molecular weight is 500 g/mol. The molecule has 0 aromatic heterocycles. The summed E-state index contributed by atoms with van der Waals surface area (Å²) in [5.74, 6) is 1.02. The van der Waals surface area contributed by atoms with E-state index in [0.29, 0.717) is 50.1 Å². The maximum atomic E-state index is 12.6. The van der Waals surface area contributed by atoms with Gasteiger partial charge in [0.15, 0.2) is 11.5 Å². The predicted molar refractivity (Wildman–Crippen MR) is 137 cm³/mol. The summed E-state index contributed by atoms with van der Waals surface area (Å²) in [5, 5.41) is 13.0. The molecular weight excluding hydrogens is 474 g/mol. The van der Waals surface area contributed by atoms with Crippen molar-refractivity contribution in [3.63, 3.8) is 0 Å². The first-order valence-corrected chi connectivity index (χ1v) is 12.1. The number of carboxylic acid groups (broad SMARTS) is 1. The molecule has 0 atom stereocenters. The van der Waals surface area contributed by atoms with Gasteiger partial charge in [0, 0.05) is 27.6 Å². The number of thioether (sulfide) groups is 1. The number of methoxy groups -OCH3 is 1. The Hall–Kier alpha value is -3.16. The van der Waals surface area contributed by atoms with E-state index in [9.17, 15) is 9.59 Å². The SMILES string of the molecule is COc1ccc(CC(=O)O)cc1Oc1ccc(NC(=O)c2ccc(Cl)cc2)cc1CSC(C)C. The molecule has 1 amide bonds. The van der Waals surface area contributed by atoms with Crippen LogP contribution in [0.5, 0.6) is 17.2 Å². The Morgan fingerprint density at radius 1 is 1.00 bits per heavy atom. The lowest BCUT2D eigenvalue weighted by molar-refractivity contribution is -0.136. The molecule has 3 aromatic carbocycles. The van der Waals surface area contributed by atoms with Crippen molar-refractivity contribution in [2.75, 3.05) is 12.4 Å². The van der Waals surface area contributed by atoms with Gasteiger partial charge >= 0.3 is 5.97 Å². The smallest absolute Gasteiger partial charge is 0.307 e. The van der Waals surface area contributed by atoms with Crippen LogP contribution in [0.1, 0.15) is 35.3 Å². The Bertz CT molecular complexity index is 1160. The van der Waals surface area contributed by atoms with E-state index < -0.39 is 5.97 Å². The van der Waals surface area contributed by atoms with Gasteiger partial charge in [0.1, 0.15) is 5.75 Å². The molecule has 3 rings (SSSR count). The van der Waals surface area contributed by atoms with Crippen molar-refractivity contribution in [3.8, 4) is 17.2 Å². The summed E-state index contributed by atoms with van der Waals surface area (Å²) in [5.41, 5.74) is 2.63. The molecule has 0 saturated heterocycles. The molecular formula is C26H26ClNO5S. The molecule has 8 heteroatoms. The molecule has 178 valence electrons. The molecule has 34 heavy (non-hydrogen) atoms. The molecule has 3 aromatic rings. The maximum absolute atomic E-state index is 12.6. The van der Waals surface area contributed by atoms with Gasteiger partial charge in [0.25, 0.3) is 5.91 Å². The molecule has 0 aliphatic carbocycles. The zero-order valence-electron chi connectivity index (χ0n) is 19.1. The summed E-state index contributed by atoms with van der Waals surface area (Å²) < 4.78 is 11.6. The zero-order valence-corrected chi connectivity index (χ0v) is 20.7. The van der Waals surface area contributed by atoms with Gasteiger partial charge in [-0.25, -0.2) is 0 Å². The van der Waals surface area contributed by atoms with Crippen LogP contribution in [0.3, 0.4) is 0 Å². The first kappa shape index (κ1) is 25.5. The fraction of sp³-hybridized carbons (Fsp3) is 0.231. The first-order chi connectivity index (χ1) is 16.2. The summed E-state index contributed by atoms with van der Waals surface area (Å²) in [6.45, 7) is 4.21. The fourth-order valence-corrected chi connectivity index (χ4v) is 4.00. The highest BCUT2D eigenvalue weighted by molar-refractivity contribution is 7.99. The third-order valence-electron chi connectivity index (χ3n) is 4.80. The van der Waals surface area contributed by atoms with E-state index in [0.717, 1.165) is 5.56 Å². The van der Waals surface area contributed by atoms with Crippen molar-refractivity contribution in [2.45, 2.75) is 31.3 Å². The fourth-order valence-electron chi connectivity index (χ4n) is 3.13. The normalized spacial score (nSPS) is 10.7. The molecule has 0 unspecified atom stereocenters. The van der Waals surface area contributed by atoms with E-state index in [2.05, 4.69) is 19.2 Å². The molecule has 0 spiro atoms. The van der Waals surface area contributed by atoms with Crippen molar-refractivity contribution in [3.05, 3.63) is 82.4 Å². The summed E-state index contributed by atoms with van der Waals surface area (Å²) in [7, 11) is 1.53. The van der Waals surface area contributed by atoms with Crippen molar-refractivity contribution < 1.29 is 24.2 Å². The minimum absolute atomic E-state index is 0.119. The van der Waals surface area contributed by atoms with Crippen LogP contribution in [0, 0.1) is 0 Å². The Morgan fingerprint density at radius 2 is 1.71 bits per heavy atom. The number of amides is 1. The number of benzene rings is 3. The zero-order chi connectivity index (χ0) is 24.7. The number of nitrogens with one attached hydrogen (secondary N) is 1. The van der Waals surface area contributed by atoms with Gasteiger partial charge < -0.3 is 19.9 Å². The number of anilines is 1. The van der Waals surface area contributed by atoms with Crippen LogP contribution in [0.25, 0.3) is 0 Å². The number of hydrogen-bond acceptors (Lipinski definition) is 5. The van der Waals surface area contributed by atoms with Gasteiger partial charge in [-0.15, -0.1) is 0 Å². The lowest BCUT2D eigenvalue weighted by Gasteiger charge is -2.16. The highest BCUT2D eigenvalue weighted by Crippen LogP contribution is 2.37. The summed E-state index contributed by atoms with van der Waals surface area (Å²) in [6.07, 6.45) is -0.119. The molecule has 0 aliphatic rings. The molecule has 0 aliphatic heterocycles. The van der Waals surface area contributed by atoms with Gasteiger partial charge in [-0.3, -0.25) is 9.59 Å². The highest BCUT2D eigenvalue weighted by atomic mass is 35.5. The minimum Gasteiger partial charge on any atom is -0.493 e. The predicted octanol–water partition coefficient (Wildman–Crippen LogP) is 6.66. The second kappa shape index (κ2) is 11.8. The van der Waals surface area contributed by atoms with Crippen LogP contribution in [0.2, 0.25) is 5.02 Å². The number of ether oxygens (including phenoxy) is 2. The molecule has 0 heterocycles. The minimum atomic E-state index is -0.925. The lowest BCUT2D eigenvalue weighted by atomic mass is 10.1. The van der Waals surface area contributed by atoms with E-state index in [1.54, 1.807) is 66.4 Å². The summed E-state index contributed by atoms with van der Waals surface area (Å²) >= 11 is 7.65. The standard InChI is InChI=1S/C26H26ClNO5S/c1-16(2)34-15-19-14-21(28-26(31)18-5-7-20(27)8-6-18)9-11-22(19)33-24-12-17(13-25(29)30)4-10-23(24)32-3/h4-12,14,16H,13,15H2,1-3H3,(H,28,31)(H,29,30). The van der Waals surface area contributed by atoms with Crippen LogP contribution in [0.15, 0.2) is 60.7 Å². The van der Waals surface area contributed by atoms with Crippen LogP contribution in [0.4, 0.5) is 5.69 Å². The summed E-state index contributed by atoms with van der Waals surface area (Å²) in [6, 6.07) is 17.2. The van der Waals surface area contributed by atoms with E-state index in [1.165, 1.54) is 7.11 Å². The highest BCUT2D eigenvalue weighted by Gasteiger charge is 2.14. The largest absolute Gasteiger partial charge is 0.493 e. The Balaban J connectivity index is 1.89. The molecule has 6 nitrogen and oxygen atoms in total. The van der Waals surface area contributed by atoms with Gasteiger partial charge in [-0.2, -0.15) is 11.8 Å². The first-order valence-electron chi connectivity index (χ1n) is 10.6. The van der Waals surface area contributed by atoms with Crippen molar-refractivity contribution in [1.82, 2.24) is 0 Å². The molecule has 0 radical (unpaired) electrons. The number of carbonyl (C=O) groups is 2. The Labute approximate surface area is 208 Å². The molecule has 0 bridgehead atoms. The number of rotatable bonds is 10. The lowest BCUT2D eigenvalue weighted by Crippen LogP contribution is -2.12. The Kier molecular flexibility index (Phi) is 8.85. The second-order valence-corrected chi connectivity index (χ2v) is 9.80. The van der Waals surface area contributed by atoms with Crippen LogP contribution in [-0.4, -0.2) is 29.3 Å². The maximum Gasteiger partial charge on any atom is 0.307 e. The molecule has 0 fully saturated rings. The topological polar surface area (TPSA) is 84.9 Å². The van der Waals surface area contributed by atoms with Crippen LogP contribution in [-0.2, 0) is 17.0 Å². The van der Waals surface area contributed by atoms with Crippen LogP contribution < -0.4 is 14.8 Å². The van der Waals surface area contributed by atoms with Crippen molar-refractivity contribution >= 4 is 40.9 Å². The number of carboxylic acids is 1. The third kappa shape index (κ3) is 7.17. The quantitative estimate of drug-likeness (QED) is 0.324. The second-order valence-electron chi connectivity index (χ2n) is 7.80. The third-order valence-corrected chi connectivity index (χ3v) is 6.20. The van der Waals surface area contributed by atoms with Crippen molar-refractivity contribution in [2.24, 2.45) is 0 Å². The van der Waals surface area contributed by atoms with E-state index >= 15 is 0 Å². The number of carbonyl (C=O) groups excluding carboxylic acids is 1. The average Bonchev–Trinajstić information content (AvgIpc) is 2.79. The van der Waals surface area contributed by atoms with Crippen molar-refractivity contribution in [1.29, 1.82) is 0 Å². The van der Waals surface area contributed by atoms with E-state index in [4.69, 9.17) is 26.2 Å². The molecule has 0 saturated carbocycles. The van der Waals surface area contributed by atoms with Crippen LogP contribution >= 0.6 is 23.4 Å². The number of halogens is 1.